The third-order valence-corrected chi connectivity index (χ3v) is 4.85. The monoisotopic (exact) mass is 377 g/mol. The first kappa shape index (κ1) is 19.8. The highest BCUT2D eigenvalue weighted by Crippen LogP contribution is 2.24. The highest BCUT2D eigenvalue weighted by atomic mass is 16.5. The molecule has 0 spiro atoms. The van der Waals surface area contributed by atoms with Gasteiger partial charge in [-0.05, 0) is 47.9 Å². The van der Waals surface area contributed by atoms with Gasteiger partial charge in [-0.25, -0.2) is 0 Å². The molecule has 0 aliphatic carbocycles. The first-order chi connectivity index (χ1) is 13.7. The summed E-state index contributed by atoms with van der Waals surface area (Å²) >= 11 is 0. The van der Waals surface area contributed by atoms with Gasteiger partial charge in [0.25, 0.3) is 0 Å². The molecule has 146 valence electrons. The van der Waals surface area contributed by atoms with Gasteiger partial charge in [0.1, 0.15) is 17.2 Å². The van der Waals surface area contributed by atoms with Crippen LogP contribution in [0.2, 0.25) is 0 Å². The molecular weight excluding hydrogens is 350 g/mol. The molecule has 1 unspecified atom stereocenters. The Kier molecular flexibility index (Phi) is 6.93. The zero-order valence-electron chi connectivity index (χ0n) is 16.6. The van der Waals surface area contributed by atoms with Crippen molar-refractivity contribution >= 4 is 0 Å². The number of benzene rings is 3. The molecule has 0 aliphatic rings. The molecule has 3 aromatic rings. The van der Waals surface area contributed by atoms with Gasteiger partial charge < -0.3 is 19.5 Å². The zero-order chi connectivity index (χ0) is 19.8. The van der Waals surface area contributed by atoms with Crippen LogP contribution in [-0.2, 0) is 13.0 Å². The summed E-state index contributed by atoms with van der Waals surface area (Å²) in [5.74, 6) is 2.62. The predicted octanol–water partition coefficient (Wildman–Crippen LogP) is 4.79. The molecule has 0 bridgehead atoms. The van der Waals surface area contributed by atoms with E-state index < -0.39 is 0 Å². The summed E-state index contributed by atoms with van der Waals surface area (Å²) in [7, 11) is 5.07. The fourth-order valence-corrected chi connectivity index (χ4v) is 3.22. The maximum Gasteiger partial charge on any atom is 0.123 e. The Morgan fingerprint density at radius 3 is 1.93 bits per heavy atom. The minimum absolute atomic E-state index is 0.157. The van der Waals surface area contributed by atoms with E-state index in [-0.39, 0.29) is 6.04 Å². The van der Waals surface area contributed by atoms with Crippen LogP contribution in [0, 0.1) is 0 Å². The van der Waals surface area contributed by atoms with Crippen LogP contribution in [0.3, 0.4) is 0 Å². The lowest BCUT2D eigenvalue weighted by atomic mass is 9.98. The summed E-state index contributed by atoms with van der Waals surface area (Å²) in [6.45, 7) is 0.719. The Labute approximate surface area is 167 Å². The molecule has 4 heteroatoms. The molecule has 0 fully saturated rings. The smallest absolute Gasteiger partial charge is 0.123 e. The summed E-state index contributed by atoms with van der Waals surface area (Å²) < 4.78 is 16.1. The highest BCUT2D eigenvalue weighted by Gasteiger charge is 2.14. The van der Waals surface area contributed by atoms with Gasteiger partial charge in [0.15, 0.2) is 0 Å². The minimum Gasteiger partial charge on any atom is -0.497 e. The number of para-hydroxylation sites is 1. The second kappa shape index (κ2) is 9.81. The third-order valence-electron chi connectivity index (χ3n) is 4.85. The van der Waals surface area contributed by atoms with E-state index in [1.165, 1.54) is 11.1 Å². The molecule has 3 rings (SSSR count). The molecular formula is C24H27NO3. The lowest BCUT2D eigenvalue weighted by Crippen LogP contribution is -2.23. The van der Waals surface area contributed by atoms with Crippen LogP contribution in [0.5, 0.6) is 17.2 Å². The molecule has 0 heterocycles. The first-order valence-electron chi connectivity index (χ1n) is 9.35. The van der Waals surface area contributed by atoms with Crippen LogP contribution in [-0.4, -0.2) is 21.3 Å². The summed E-state index contributed by atoms with van der Waals surface area (Å²) in [6, 6.07) is 24.7. The number of hydrogen-bond acceptors (Lipinski definition) is 4. The van der Waals surface area contributed by atoms with Crippen molar-refractivity contribution in [3.8, 4) is 17.2 Å². The number of methoxy groups -OCH3 is 3. The average Bonchev–Trinajstić information content (AvgIpc) is 2.77. The first-order valence-corrected chi connectivity index (χ1v) is 9.35. The maximum absolute atomic E-state index is 5.49. The normalized spacial score (nSPS) is 11.7. The minimum atomic E-state index is 0.157. The van der Waals surface area contributed by atoms with Crippen molar-refractivity contribution in [1.29, 1.82) is 0 Å². The van der Waals surface area contributed by atoms with E-state index in [4.69, 9.17) is 14.2 Å². The van der Waals surface area contributed by atoms with Gasteiger partial charge in [0.2, 0.25) is 0 Å². The zero-order valence-corrected chi connectivity index (χ0v) is 16.6. The Morgan fingerprint density at radius 2 is 1.32 bits per heavy atom. The molecule has 0 saturated carbocycles. The molecule has 4 nitrogen and oxygen atoms in total. The quantitative estimate of drug-likeness (QED) is 0.582. The molecule has 28 heavy (non-hydrogen) atoms. The number of nitrogens with one attached hydrogen (secondary N) is 1. The van der Waals surface area contributed by atoms with Crippen molar-refractivity contribution < 1.29 is 14.2 Å². The van der Waals surface area contributed by atoms with Crippen molar-refractivity contribution in [2.75, 3.05) is 21.3 Å². The maximum atomic E-state index is 5.49. The van der Waals surface area contributed by atoms with Gasteiger partial charge in [-0.2, -0.15) is 0 Å². The topological polar surface area (TPSA) is 39.7 Å². The Hall–Kier alpha value is -2.98. The second-order valence-corrected chi connectivity index (χ2v) is 6.57. The van der Waals surface area contributed by atoms with E-state index >= 15 is 0 Å². The number of hydrogen-bond donors (Lipinski definition) is 1. The lowest BCUT2D eigenvalue weighted by molar-refractivity contribution is 0.404. The summed E-state index contributed by atoms with van der Waals surface area (Å²) in [5.41, 5.74) is 3.60. The molecule has 0 aliphatic heterocycles. The van der Waals surface area contributed by atoms with E-state index in [0.29, 0.717) is 0 Å². The molecule has 0 saturated heterocycles. The van der Waals surface area contributed by atoms with Crippen LogP contribution in [0.25, 0.3) is 0 Å². The summed E-state index contributed by atoms with van der Waals surface area (Å²) in [5, 5.41) is 3.69. The van der Waals surface area contributed by atoms with Crippen molar-refractivity contribution in [1.82, 2.24) is 5.32 Å². The largest absolute Gasteiger partial charge is 0.497 e. The van der Waals surface area contributed by atoms with Gasteiger partial charge in [0, 0.05) is 18.2 Å². The fourth-order valence-electron chi connectivity index (χ4n) is 3.22. The second-order valence-electron chi connectivity index (χ2n) is 6.57. The van der Waals surface area contributed by atoms with E-state index in [0.717, 1.165) is 35.8 Å². The molecule has 1 N–H and O–H groups in total. The predicted molar refractivity (Wildman–Crippen MR) is 112 cm³/mol. The van der Waals surface area contributed by atoms with Gasteiger partial charge >= 0.3 is 0 Å². The molecule has 0 radical (unpaired) electrons. The van der Waals surface area contributed by atoms with Crippen molar-refractivity contribution in [2.24, 2.45) is 0 Å². The highest BCUT2D eigenvalue weighted by molar-refractivity contribution is 5.35. The Morgan fingerprint density at radius 1 is 0.714 bits per heavy atom. The van der Waals surface area contributed by atoms with Crippen molar-refractivity contribution in [2.45, 2.75) is 19.0 Å². The number of ether oxygens (including phenoxy) is 3. The number of rotatable bonds is 9. The average molecular weight is 377 g/mol. The van der Waals surface area contributed by atoms with E-state index in [9.17, 15) is 0 Å². The molecule has 0 aromatic heterocycles. The van der Waals surface area contributed by atoms with Gasteiger partial charge in [0.05, 0.1) is 21.3 Å². The van der Waals surface area contributed by atoms with Crippen molar-refractivity contribution in [3.63, 3.8) is 0 Å². The van der Waals surface area contributed by atoms with Crippen LogP contribution >= 0.6 is 0 Å². The van der Waals surface area contributed by atoms with Crippen LogP contribution in [0.15, 0.2) is 72.8 Å². The molecule has 0 amide bonds. The van der Waals surface area contributed by atoms with Gasteiger partial charge in [-0.1, -0.05) is 42.5 Å². The van der Waals surface area contributed by atoms with Crippen LogP contribution in [0.4, 0.5) is 0 Å². The van der Waals surface area contributed by atoms with E-state index in [2.05, 4.69) is 35.6 Å². The van der Waals surface area contributed by atoms with E-state index in [1.807, 2.05) is 42.5 Å². The van der Waals surface area contributed by atoms with Gasteiger partial charge in [-0.3, -0.25) is 0 Å². The lowest BCUT2D eigenvalue weighted by Gasteiger charge is -2.21. The Balaban J connectivity index is 1.80. The summed E-state index contributed by atoms with van der Waals surface area (Å²) in [4.78, 5) is 0. The molecule has 1 atom stereocenters. The van der Waals surface area contributed by atoms with Crippen molar-refractivity contribution in [3.05, 3.63) is 89.5 Å². The fraction of sp³-hybridized carbons (Fsp3) is 0.250. The SMILES string of the molecule is COc1ccc(CC(NCc2ccccc2OC)c2ccc(OC)cc2)cc1. The Bertz CT molecular complexity index is 860. The van der Waals surface area contributed by atoms with E-state index in [1.54, 1.807) is 21.3 Å². The molecule has 3 aromatic carbocycles. The van der Waals surface area contributed by atoms with Crippen LogP contribution in [0.1, 0.15) is 22.7 Å². The summed E-state index contributed by atoms with van der Waals surface area (Å²) in [6.07, 6.45) is 0.867. The standard InChI is InChI=1S/C24H27NO3/c1-26-21-12-8-18(9-13-21)16-23(19-10-14-22(27-2)15-11-19)25-17-20-6-4-5-7-24(20)28-3/h4-15,23,25H,16-17H2,1-3H3. The third kappa shape index (κ3) is 5.05. The van der Waals surface area contributed by atoms with Crippen LogP contribution < -0.4 is 19.5 Å². The van der Waals surface area contributed by atoms with Gasteiger partial charge in [-0.15, -0.1) is 0 Å².